The Morgan fingerprint density at radius 3 is 2.88 bits per heavy atom. The molecule has 2 aliphatic rings. The molecule has 0 aromatic carbocycles. The van der Waals surface area contributed by atoms with E-state index in [9.17, 15) is 0 Å². The molecule has 0 aromatic heterocycles. The van der Waals surface area contributed by atoms with E-state index in [1.165, 1.54) is 50.4 Å². The minimum absolute atomic E-state index is 0.541. The number of hydrogen-bond acceptors (Lipinski definition) is 4. The van der Waals surface area contributed by atoms with Gasteiger partial charge < -0.3 is 15.0 Å². The van der Waals surface area contributed by atoms with E-state index < -0.39 is 0 Å². The highest BCUT2D eigenvalue weighted by atomic mass is 32.2. The highest BCUT2D eigenvalue weighted by molar-refractivity contribution is 7.99. The van der Waals surface area contributed by atoms with Crippen LogP contribution < -0.4 is 5.32 Å². The van der Waals surface area contributed by atoms with Gasteiger partial charge in [-0.2, -0.15) is 11.8 Å². The van der Waals surface area contributed by atoms with Crippen LogP contribution >= 0.6 is 11.8 Å². The van der Waals surface area contributed by atoms with Crippen LogP contribution in [0.4, 0.5) is 0 Å². The molecule has 0 bridgehead atoms. The molecule has 0 spiro atoms. The third kappa shape index (κ3) is 4.62. The fourth-order valence-corrected chi connectivity index (χ4v) is 3.30. The van der Waals surface area contributed by atoms with Crippen LogP contribution in [0.15, 0.2) is 0 Å². The molecule has 0 aromatic rings. The van der Waals surface area contributed by atoms with Crippen molar-refractivity contribution < 1.29 is 4.74 Å². The monoisotopic (exact) mass is 244 g/mol. The molecular formula is C12H24N2OS. The van der Waals surface area contributed by atoms with Crippen LogP contribution in [0.25, 0.3) is 0 Å². The van der Waals surface area contributed by atoms with E-state index >= 15 is 0 Å². The second-order valence-electron chi connectivity index (χ2n) is 4.63. The topological polar surface area (TPSA) is 24.5 Å². The molecule has 2 rings (SSSR count). The molecule has 2 fully saturated rings. The molecule has 0 saturated carbocycles. The van der Waals surface area contributed by atoms with Crippen molar-refractivity contribution in [3.63, 3.8) is 0 Å². The van der Waals surface area contributed by atoms with Gasteiger partial charge >= 0.3 is 0 Å². The quantitative estimate of drug-likeness (QED) is 0.710. The van der Waals surface area contributed by atoms with E-state index in [4.69, 9.17) is 4.74 Å². The SMILES string of the molecule is C1COC(CCNCCN2CCSCC2)C1. The van der Waals surface area contributed by atoms with E-state index in [1.54, 1.807) is 0 Å². The minimum Gasteiger partial charge on any atom is -0.378 e. The average Bonchev–Trinajstić information content (AvgIpc) is 2.83. The Balaban J connectivity index is 1.42. The van der Waals surface area contributed by atoms with Crippen molar-refractivity contribution in [2.45, 2.75) is 25.4 Å². The summed E-state index contributed by atoms with van der Waals surface area (Å²) in [5.74, 6) is 2.63. The predicted molar refractivity (Wildman–Crippen MR) is 70.2 cm³/mol. The molecule has 2 saturated heterocycles. The maximum absolute atomic E-state index is 5.60. The number of nitrogens with zero attached hydrogens (tertiary/aromatic N) is 1. The highest BCUT2D eigenvalue weighted by Gasteiger charge is 2.14. The van der Waals surface area contributed by atoms with Crippen molar-refractivity contribution in [2.24, 2.45) is 0 Å². The normalized spacial score (nSPS) is 27.4. The van der Waals surface area contributed by atoms with Crippen molar-refractivity contribution in [1.82, 2.24) is 10.2 Å². The zero-order chi connectivity index (χ0) is 11.1. The molecule has 0 amide bonds. The number of ether oxygens (including phenoxy) is 1. The number of rotatable bonds is 6. The summed E-state index contributed by atoms with van der Waals surface area (Å²) in [4.78, 5) is 2.57. The lowest BCUT2D eigenvalue weighted by Crippen LogP contribution is -2.38. The van der Waals surface area contributed by atoms with Crippen molar-refractivity contribution in [2.75, 3.05) is 50.8 Å². The third-order valence-corrected chi connectivity index (χ3v) is 4.32. The molecular weight excluding hydrogens is 220 g/mol. The lowest BCUT2D eigenvalue weighted by molar-refractivity contribution is 0.104. The molecule has 1 unspecified atom stereocenters. The van der Waals surface area contributed by atoms with E-state index in [0.29, 0.717) is 6.10 Å². The van der Waals surface area contributed by atoms with Gasteiger partial charge in [-0.15, -0.1) is 0 Å². The van der Waals surface area contributed by atoms with Gasteiger partial charge in [-0.05, 0) is 25.8 Å². The molecule has 4 heteroatoms. The Kier molecular flexibility index (Phi) is 5.97. The number of hydrogen-bond donors (Lipinski definition) is 1. The number of nitrogens with one attached hydrogen (secondary N) is 1. The van der Waals surface area contributed by atoms with Crippen LogP contribution in [0.1, 0.15) is 19.3 Å². The second kappa shape index (κ2) is 7.54. The van der Waals surface area contributed by atoms with Crippen LogP contribution in [-0.2, 0) is 4.74 Å². The van der Waals surface area contributed by atoms with Gasteiger partial charge in [0.2, 0.25) is 0 Å². The standard InChI is InChI=1S/C12H24N2OS/c1-2-12(15-9-1)3-4-13-5-6-14-7-10-16-11-8-14/h12-13H,1-11H2. The molecule has 1 atom stereocenters. The molecule has 94 valence electrons. The van der Waals surface area contributed by atoms with Gasteiger partial charge in [0.1, 0.15) is 0 Å². The Hall–Kier alpha value is 0.230. The van der Waals surface area contributed by atoms with Crippen molar-refractivity contribution >= 4 is 11.8 Å². The molecule has 2 aliphatic heterocycles. The van der Waals surface area contributed by atoms with Gasteiger partial charge in [-0.1, -0.05) is 0 Å². The van der Waals surface area contributed by atoms with Crippen LogP contribution in [0.5, 0.6) is 0 Å². The van der Waals surface area contributed by atoms with Gasteiger partial charge in [-0.25, -0.2) is 0 Å². The first-order valence-electron chi connectivity index (χ1n) is 6.57. The highest BCUT2D eigenvalue weighted by Crippen LogP contribution is 2.14. The second-order valence-corrected chi connectivity index (χ2v) is 5.85. The summed E-state index contributed by atoms with van der Waals surface area (Å²) in [5, 5.41) is 3.53. The van der Waals surface area contributed by atoms with Crippen LogP contribution in [0.2, 0.25) is 0 Å². The zero-order valence-electron chi connectivity index (χ0n) is 10.1. The number of thioether (sulfide) groups is 1. The van der Waals surface area contributed by atoms with E-state index in [2.05, 4.69) is 22.0 Å². The molecule has 16 heavy (non-hydrogen) atoms. The van der Waals surface area contributed by atoms with Gasteiger partial charge in [-0.3, -0.25) is 0 Å². The molecule has 1 N–H and O–H groups in total. The lowest BCUT2D eigenvalue weighted by Gasteiger charge is -2.26. The zero-order valence-corrected chi connectivity index (χ0v) is 10.9. The largest absolute Gasteiger partial charge is 0.378 e. The lowest BCUT2D eigenvalue weighted by atomic mass is 10.2. The van der Waals surface area contributed by atoms with E-state index in [0.717, 1.165) is 19.7 Å². The summed E-state index contributed by atoms with van der Waals surface area (Å²) >= 11 is 2.08. The summed E-state index contributed by atoms with van der Waals surface area (Å²) in [6.07, 6.45) is 4.26. The van der Waals surface area contributed by atoms with Gasteiger partial charge in [0, 0.05) is 44.3 Å². The van der Waals surface area contributed by atoms with Gasteiger partial charge in [0.25, 0.3) is 0 Å². The Labute approximate surface area is 103 Å². The Bertz CT molecular complexity index is 180. The summed E-state index contributed by atoms with van der Waals surface area (Å²) in [5.41, 5.74) is 0. The average molecular weight is 244 g/mol. The van der Waals surface area contributed by atoms with E-state index in [1.807, 2.05) is 0 Å². The third-order valence-electron chi connectivity index (χ3n) is 3.38. The Morgan fingerprint density at radius 1 is 1.25 bits per heavy atom. The molecule has 3 nitrogen and oxygen atoms in total. The first kappa shape index (κ1) is 12.7. The first-order valence-corrected chi connectivity index (χ1v) is 7.73. The Morgan fingerprint density at radius 2 is 2.12 bits per heavy atom. The summed E-state index contributed by atoms with van der Waals surface area (Å²) in [7, 11) is 0. The van der Waals surface area contributed by atoms with Crippen molar-refractivity contribution in [1.29, 1.82) is 0 Å². The van der Waals surface area contributed by atoms with Crippen molar-refractivity contribution in [3.05, 3.63) is 0 Å². The van der Waals surface area contributed by atoms with Crippen LogP contribution in [-0.4, -0.2) is 61.8 Å². The van der Waals surface area contributed by atoms with Gasteiger partial charge in [0.05, 0.1) is 6.10 Å². The molecule has 2 heterocycles. The maximum Gasteiger partial charge on any atom is 0.0588 e. The molecule has 0 radical (unpaired) electrons. The summed E-state index contributed by atoms with van der Waals surface area (Å²) < 4.78 is 5.60. The summed E-state index contributed by atoms with van der Waals surface area (Å²) in [6, 6.07) is 0. The fraction of sp³-hybridized carbons (Fsp3) is 1.00. The molecule has 0 aliphatic carbocycles. The summed E-state index contributed by atoms with van der Waals surface area (Å²) in [6.45, 7) is 7.00. The van der Waals surface area contributed by atoms with Crippen LogP contribution in [0, 0.1) is 0 Å². The van der Waals surface area contributed by atoms with Gasteiger partial charge in [0.15, 0.2) is 0 Å². The minimum atomic E-state index is 0.541. The first-order chi connectivity index (χ1) is 7.95. The fourth-order valence-electron chi connectivity index (χ4n) is 2.32. The van der Waals surface area contributed by atoms with Crippen molar-refractivity contribution in [3.8, 4) is 0 Å². The maximum atomic E-state index is 5.60. The predicted octanol–water partition coefficient (Wildman–Crippen LogP) is 1.19. The van der Waals surface area contributed by atoms with Crippen LogP contribution in [0.3, 0.4) is 0 Å². The van der Waals surface area contributed by atoms with E-state index in [-0.39, 0.29) is 0 Å². The smallest absolute Gasteiger partial charge is 0.0588 e.